The van der Waals surface area contributed by atoms with Crippen molar-refractivity contribution in [1.82, 2.24) is 4.90 Å². The third-order valence-corrected chi connectivity index (χ3v) is 5.53. The van der Waals surface area contributed by atoms with Crippen LogP contribution in [0.25, 0.3) is 0 Å². The van der Waals surface area contributed by atoms with E-state index >= 15 is 0 Å². The van der Waals surface area contributed by atoms with Gasteiger partial charge >= 0.3 is 5.97 Å². The smallest absolute Gasteiger partial charge is 0.338 e. The first-order valence-electron chi connectivity index (χ1n) is 10.3. The molecule has 0 radical (unpaired) electrons. The van der Waals surface area contributed by atoms with Gasteiger partial charge in [0.15, 0.2) is 0 Å². The second-order valence-electron chi connectivity index (χ2n) is 7.73. The number of carbonyl (C=O) groups excluding carboxylic acids is 2. The molecule has 1 fully saturated rings. The van der Waals surface area contributed by atoms with E-state index in [1.807, 2.05) is 13.0 Å². The lowest BCUT2D eigenvalue weighted by Crippen LogP contribution is -2.37. The predicted octanol–water partition coefficient (Wildman–Crippen LogP) is 4.33. The second kappa shape index (κ2) is 9.70. The fourth-order valence-electron chi connectivity index (χ4n) is 3.86. The number of hydrogen-bond acceptors (Lipinski definition) is 4. The number of anilines is 1. The van der Waals surface area contributed by atoms with Crippen LogP contribution in [0.4, 0.5) is 5.69 Å². The Bertz CT molecular complexity index is 870. The number of rotatable bonds is 6. The number of nitrogens with one attached hydrogen (secondary N) is 1. The molecular formula is C24H30N2O3. The van der Waals surface area contributed by atoms with Crippen LogP contribution in [0.1, 0.15) is 46.8 Å². The Morgan fingerprint density at radius 3 is 2.52 bits per heavy atom. The molecule has 0 bridgehead atoms. The van der Waals surface area contributed by atoms with E-state index in [1.54, 1.807) is 19.1 Å². The van der Waals surface area contributed by atoms with Gasteiger partial charge < -0.3 is 10.1 Å². The van der Waals surface area contributed by atoms with E-state index in [2.05, 4.69) is 41.4 Å². The highest BCUT2D eigenvalue weighted by Crippen LogP contribution is 2.24. The predicted molar refractivity (Wildman–Crippen MR) is 115 cm³/mol. The lowest BCUT2D eigenvalue weighted by molar-refractivity contribution is -0.121. The topological polar surface area (TPSA) is 58.6 Å². The molecule has 5 nitrogen and oxygen atoms in total. The second-order valence-corrected chi connectivity index (χ2v) is 7.73. The van der Waals surface area contributed by atoms with Gasteiger partial charge in [-0.15, -0.1) is 0 Å². The van der Waals surface area contributed by atoms with Gasteiger partial charge in [-0.25, -0.2) is 4.79 Å². The molecule has 5 heteroatoms. The molecule has 0 aromatic heterocycles. The summed E-state index contributed by atoms with van der Waals surface area (Å²) in [6, 6.07) is 13.9. The van der Waals surface area contributed by atoms with Crippen LogP contribution in [0.5, 0.6) is 0 Å². The van der Waals surface area contributed by atoms with Gasteiger partial charge in [-0.3, -0.25) is 9.69 Å². The molecule has 1 saturated heterocycles. The van der Waals surface area contributed by atoms with Crippen LogP contribution in [-0.4, -0.2) is 36.5 Å². The number of hydrogen-bond donors (Lipinski definition) is 1. The van der Waals surface area contributed by atoms with Gasteiger partial charge in [-0.2, -0.15) is 0 Å². The Morgan fingerprint density at radius 1 is 1.10 bits per heavy atom. The van der Waals surface area contributed by atoms with Crippen molar-refractivity contribution in [2.45, 2.75) is 40.2 Å². The first kappa shape index (κ1) is 21.1. The number of ether oxygens (including phenoxy) is 1. The zero-order chi connectivity index (χ0) is 20.8. The third kappa shape index (κ3) is 5.45. The summed E-state index contributed by atoms with van der Waals surface area (Å²) in [6.07, 6.45) is 1.68. The summed E-state index contributed by atoms with van der Waals surface area (Å²) in [7, 11) is 0. The molecule has 154 valence electrons. The molecule has 2 aromatic rings. The van der Waals surface area contributed by atoms with Crippen molar-refractivity contribution in [3.05, 3.63) is 64.7 Å². The maximum absolute atomic E-state index is 12.8. The van der Waals surface area contributed by atoms with Gasteiger partial charge in [0.05, 0.1) is 12.2 Å². The van der Waals surface area contributed by atoms with Gasteiger partial charge in [0, 0.05) is 18.2 Å². The average molecular weight is 395 g/mol. The third-order valence-electron chi connectivity index (χ3n) is 5.53. The summed E-state index contributed by atoms with van der Waals surface area (Å²) < 4.78 is 5.10. The maximum Gasteiger partial charge on any atom is 0.338 e. The van der Waals surface area contributed by atoms with Crippen molar-refractivity contribution >= 4 is 17.6 Å². The van der Waals surface area contributed by atoms with Crippen LogP contribution in [-0.2, 0) is 16.1 Å². The summed E-state index contributed by atoms with van der Waals surface area (Å²) in [5, 5.41) is 3.02. The number of amides is 1. The number of likely N-dealkylation sites (tertiary alicyclic amines) is 1. The van der Waals surface area contributed by atoms with E-state index < -0.39 is 0 Å². The number of nitrogens with zero attached hydrogens (tertiary/aromatic N) is 1. The Labute approximate surface area is 173 Å². The zero-order valence-corrected chi connectivity index (χ0v) is 17.5. The highest BCUT2D eigenvalue weighted by atomic mass is 16.5. The summed E-state index contributed by atoms with van der Waals surface area (Å²) in [5.41, 5.74) is 4.52. The molecule has 0 unspecified atom stereocenters. The summed E-state index contributed by atoms with van der Waals surface area (Å²) in [4.78, 5) is 27.3. The minimum absolute atomic E-state index is 0.00518. The van der Waals surface area contributed by atoms with Crippen LogP contribution in [0.15, 0.2) is 42.5 Å². The number of benzene rings is 2. The number of esters is 1. The molecule has 1 heterocycles. The Morgan fingerprint density at radius 2 is 1.83 bits per heavy atom. The van der Waals surface area contributed by atoms with E-state index in [0.29, 0.717) is 17.9 Å². The molecule has 1 aliphatic heterocycles. The summed E-state index contributed by atoms with van der Waals surface area (Å²) in [6.45, 7) is 8.81. The van der Waals surface area contributed by atoms with Crippen molar-refractivity contribution in [3.8, 4) is 0 Å². The Balaban J connectivity index is 1.56. The molecule has 1 N–H and O–H groups in total. The highest BCUT2D eigenvalue weighted by Gasteiger charge is 2.25. The highest BCUT2D eigenvalue weighted by molar-refractivity contribution is 5.97. The lowest BCUT2D eigenvalue weighted by atomic mass is 9.95. The molecule has 1 amide bonds. The largest absolute Gasteiger partial charge is 0.462 e. The quantitative estimate of drug-likeness (QED) is 0.741. The van der Waals surface area contributed by atoms with Gasteiger partial charge in [0.1, 0.15) is 0 Å². The minimum Gasteiger partial charge on any atom is -0.462 e. The molecule has 0 atom stereocenters. The van der Waals surface area contributed by atoms with Gasteiger partial charge in [-0.1, -0.05) is 35.9 Å². The molecule has 2 aromatic carbocycles. The van der Waals surface area contributed by atoms with Gasteiger partial charge in [-0.05, 0) is 70.0 Å². The van der Waals surface area contributed by atoms with Crippen LogP contribution in [0, 0.1) is 19.8 Å². The Kier molecular flexibility index (Phi) is 7.04. The van der Waals surface area contributed by atoms with Crippen LogP contribution >= 0.6 is 0 Å². The van der Waals surface area contributed by atoms with Gasteiger partial charge in [0.25, 0.3) is 0 Å². The molecule has 1 aliphatic rings. The monoisotopic (exact) mass is 394 g/mol. The summed E-state index contributed by atoms with van der Waals surface area (Å²) >= 11 is 0. The number of carbonyl (C=O) groups is 2. The molecule has 0 spiro atoms. The normalized spacial score (nSPS) is 15.1. The SMILES string of the molecule is CCOC(=O)c1cccc(NC(=O)C2CCN(Cc3cccc(C)c3)CC2)c1C. The van der Waals surface area contributed by atoms with Crippen molar-refractivity contribution in [3.63, 3.8) is 0 Å². The average Bonchev–Trinajstić information content (AvgIpc) is 2.70. The molecule has 3 rings (SSSR count). The van der Waals surface area contributed by atoms with Crippen molar-refractivity contribution in [2.24, 2.45) is 5.92 Å². The molecule has 0 aliphatic carbocycles. The van der Waals surface area contributed by atoms with Crippen LogP contribution in [0.2, 0.25) is 0 Å². The van der Waals surface area contributed by atoms with E-state index in [1.165, 1.54) is 11.1 Å². The fourth-order valence-corrected chi connectivity index (χ4v) is 3.86. The first-order chi connectivity index (χ1) is 14.0. The van der Waals surface area contributed by atoms with E-state index in [-0.39, 0.29) is 17.8 Å². The van der Waals surface area contributed by atoms with Crippen LogP contribution in [0.3, 0.4) is 0 Å². The number of aryl methyl sites for hydroxylation is 1. The van der Waals surface area contributed by atoms with Crippen molar-refractivity contribution < 1.29 is 14.3 Å². The lowest BCUT2D eigenvalue weighted by Gasteiger charge is -2.31. The molecule has 0 saturated carbocycles. The van der Waals surface area contributed by atoms with E-state index in [9.17, 15) is 9.59 Å². The van der Waals surface area contributed by atoms with E-state index in [4.69, 9.17) is 4.74 Å². The van der Waals surface area contributed by atoms with Crippen LogP contribution < -0.4 is 5.32 Å². The summed E-state index contributed by atoms with van der Waals surface area (Å²) in [5.74, 6) is -0.329. The molecular weight excluding hydrogens is 364 g/mol. The van der Waals surface area contributed by atoms with Crippen molar-refractivity contribution in [2.75, 3.05) is 25.0 Å². The Hall–Kier alpha value is -2.66. The van der Waals surface area contributed by atoms with E-state index in [0.717, 1.165) is 38.0 Å². The fraction of sp³-hybridized carbons (Fsp3) is 0.417. The number of piperidine rings is 1. The minimum atomic E-state index is -0.356. The standard InChI is InChI=1S/C24H30N2O3/c1-4-29-24(28)21-9-6-10-22(18(21)3)25-23(27)20-11-13-26(14-12-20)16-19-8-5-7-17(2)15-19/h5-10,15,20H,4,11-14,16H2,1-3H3,(H,25,27). The molecule has 29 heavy (non-hydrogen) atoms. The zero-order valence-electron chi connectivity index (χ0n) is 17.5. The van der Waals surface area contributed by atoms with Crippen molar-refractivity contribution in [1.29, 1.82) is 0 Å². The van der Waals surface area contributed by atoms with Gasteiger partial charge in [0.2, 0.25) is 5.91 Å². The maximum atomic E-state index is 12.8. The first-order valence-corrected chi connectivity index (χ1v) is 10.3.